The van der Waals surface area contributed by atoms with E-state index >= 15 is 0 Å². The topological polar surface area (TPSA) is 30.7 Å². The van der Waals surface area contributed by atoms with Gasteiger partial charge in [-0.3, -0.25) is 0 Å². The Morgan fingerprint density at radius 3 is 2.64 bits per heavy atom. The molecule has 0 aliphatic rings. The maximum atomic E-state index is 5.85. The fourth-order valence-electron chi connectivity index (χ4n) is 1.36. The zero-order chi connectivity index (χ0) is 9.97. The second kappa shape index (κ2) is 3.80. The SMILES string of the molecule is Cc1ccc(-n2nccn2)c(CCl)c1. The van der Waals surface area contributed by atoms with Crippen LogP contribution < -0.4 is 0 Å². The van der Waals surface area contributed by atoms with Crippen molar-refractivity contribution in [2.75, 3.05) is 0 Å². The minimum Gasteiger partial charge on any atom is -0.157 e. The molecule has 0 aliphatic carbocycles. The highest BCUT2D eigenvalue weighted by molar-refractivity contribution is 6.17. The van der Waals surface area contributed by atoms with E-state index in [1.54, 1.807) is 17.2 Å². The van der Waals surface area contributed by atoms with Crippen LogP contribution in [0.3, 0.4) is 0 Å². The summed E-state index contributed by atoms with van der Waals surface area (Å²) in [6, 6.07) is 6.05. The van der Waals surface area contributed by atoms with Crippen LogP contribution in [0.25, 0.3) is 5.69 Å². The smallest absolute Gasteiger partial charge is 0.0900 e. The van der Waals surface area contributed by atoms with Gasteiger partial charge in [-0.1, -0.05) is 17.7 Å². The van der Waals surface area contributed by atoms with Crippen molar-refractivity contribution in [1.29, 1.82) is 0 Å². The van der Waals surface area contributed by atoms with Crippen LogP contribution >= 0.6 is 11.6 Å². The Morgan fingerprint density at radius 1 is 1.29 bits per heavy atom. The van der Waals surface area contributed by atoms with Gasteiger partial charge in [0.05, 0.1) is 18.1 Å². The van der Waals surface area contributed by atoms with E-state index in [1.165, 1.54) is 5.56 Å². The van der Waals surface area contributed by atoms with Crippen LogP contribution in [0.2, 0.25) is 0 Å². The number of hydrogen-bond acceptors (Lipinski definition) is 2. The molecule has 0 radical (unpaired) electrons. The third-order valence-corrected chi connectivity index (χ3v) is 2.30. The van der Waals surface area contributed by atoms with Crippen molar-refractivity contribution in [1.82, 2.24) is 15.0 Å². The highest BCUT2D eigenvalue weighted by Crippen LogP contribution is 2.16. The monoisotopic (exact) mass is 207 g/mol. The molecule has 0 atom stereocenters. The standard InChI is InChI=1S/C10H10ClN3/c1-8-2-3-10(9(6-8)7-11)14-12-4-5-13-14/h2-6H,7H2,1H3. The molecule has 1 heterocycles. The highest BCUT2D eigenvalue weighted by atomic mass is 35.5. The van der Waals surface area contributed by atoms with Crippen LogP contribution in [-0.4, -0.2) is 15.0 Å². The number of aryl methyl sites for hydroxylation is 1. The maximum absolute atomic E-state index is 5.85. The Hall–Kier alpha value is -1.35. The van der Waals surface area contributed by atoms with Crippen LogP contribution in [0, 0.1) is 6.92 Å². The molecule has 0 fully saturated rings. The molecule has 0 unspecified atom stereocenters. The molecule has 4 heteroatoms. The van der Waals surface area contributed by atoms with Crippen molar-refractivity contribution < 1.29 is 0 Å². The fraction of sp³-hybridized carbons (Fsp3) is 0.200. The second-order valence-electron chi connectivity index (χ2n) is 3.08. The van der Waals surface area contributed by atoms with E-state index in [0.29, 0.717) is 5.88 Å². The number of halogens is 1. The van der Waals surface area contributed by atoms with Gasteiger partial charge in [-0.15, -0.1) is 11.6 Å². The van der Waals surface area contributed by atoms with Crippen LogP contribution in [0.1, 0.15) is 11.1 Å². The number of hydrogen-bond donors (Lipinski definition) is 0. The van der Waals surface area contributed by atoms with Gasteiger partial charge in [0, 0.05) is 5.88 Å². The van der Waals surface area contributed by atoms with E-state index in [-0.39, 0.29) is 0 Å². The van der Waals surface area contributed by atoms with Gasteiger partial charge in [-0.25, -0.2) is 0 Å². The van der Waals surface area contributed by atoms with Crippen LogP contribution in [0.4, 0.5) is 0 Å². The predicted octanol–water partition coefficient (Wildman–Crippen LogP) is 2.31. The van der Waals surface area contributed by atoms with E-state index < -0.39 is 0 Å². The van der Waals surface area contributed by atoms with Gasteiger partial charge in [0.2, 0.25) is 0 Å². The molecule has 0 N–H and O–H groups in total. The Balaban J connectivity index is 2.53. The first kappa shape index (κ1) is 9.21. The van der Waals surface area contributed by atoms with Crippen molar-refractivity contribution in [2.24, 2.45) is 0 Å². The van der Waals surface area contributed by atoms with Crippen molar-refractivity contribution in [3.8, 4) is 5.69 Å². The molecule has 0 saturated carbocycles. The molecule has 0 saturated heterocycles. The van der Waals surface area contributed by atoms with Crippen molar-refractivity contribution in [3.05, 3.63) is 41.7 Å². The van der Waals surface area contributed by atoms with Crippen LogP contribution in [0.15, 0.2) is 30.6 Å². The summed E-state index contributed by atoms with van der Waals surface area (Å²) in [6.45, 7) is 2.04. The first-order valence-electron chi connectivity index (χ1n) is 4.33. The summed E-state index contributed by atoms with van der Waals surface area (Å²) in [5, 5.41) is 8.14. The summed E-state index contributed by atoms with van der Waals surface area (Å²) in [6.07, 6.45) is 3.30. The van der Waals surface area contributed by atoms with Gasteiger partial charge in [0.1, 0.15) is 0 Å². The van der Waals surface area contributed by atoms with Crippen molar-refractivity contribution in [3.63, 3.8) is 0 Å². The lowest BCUT2D eigenvalue weighted by atomic mass is 10.1. The summed E-state index contributed by atoms with van der Waals surface area (Å²) in [5.74, 6) is 0.471. The first-order chi connectivity index (χ1) is 6.81. The minimum atomic E-state index is 0.471. The van der Waals surface area contributed by atoms with Gasteiger partial charge in [0.15, 0.2) is 0 Å². The van der Waals surface area contributed by atoms with Crippen LogP contribution in [0.5, 0.6) is 0 Å². The average molecular weight is 208 g/mol. The Morgan fingerprint density at radius 2 is 2.00 bits per heavy atom. The second-order valence-corrected chi connectivity index (χ2v) is 3.35. The van der Waals surface area contributed by atoms with E-state index in [9.17, 15) is 0 Å². The molecule has 0 bridgehead atoms. The summed E-state index contributed by atoms with van der Waals surface area (Å²) >= 11 is 5.85. The Bertz CT molecular complexity index is 423. The van der Waals surface area contributed by atoms with Crippen molar-refractivity contribution >= 4 is 11.6 Å². The fourth-order valence-corrected chi connectivity index (χ4v) is 1.57. The summed E-state index contributed by atoms with van der Waals surface area (Å²) in [4.78, 5) is 1.58. The minimum absolute atomic E-state index is 0.471. The number of nitrogens with zero attached hydrogens (tertiary/aromatic N) is 3. The molecule has 0 amide bonds. The largest absolute Gasteiger partial charge is 0.157 e. The van der Waals surface area contributed by atoms with Crippen molar-refractivity contribution in [2.45, 2.75) is 12.8 Å². The quantitative estimate of drug-likeness (QED) is 0.708. The van der Waals surface area contributed by atoms with Gasteiger partial charge in [0.25, 0.3) is 0 Å². The van der Waals surface area contributed by atoms with Gasteiger partial charge < -0.3 is 0 Å². The molecule has 3 nitrogen and oxygen atoms in total. The molecule has 1 aromatic carbocycles. The molecular formula is C10H10ClN3. The molecule has 1 aromatic heterocycles. The summed E-state index contributed by atoms with van der Waals surface area (Å²) in [5.41, 5.74) is 3.18. The predicted molar refractivity (Wildman–Crippen MR) is 55.7 cm³/mol. The maximum Gasteiger partial charge on any atom is 0.0900 e. The lowest BCUT2D eigenvalue weighted by molar-refractivity contribution is 0.746. The third kappa shape index (κ3) is 1.63. The van der Waals surface area contributed by atoms with E-state index in [0.717, 1.165) is 11.3 Å². The molecule has 14 heavy (non-hydrogen) atoms. The van der Waals surface area contributed by atoms with E-state index in [2.05, 4.69) is 10.2 Å². The normalized spacial score (nSPS) is 10.4. The van der Waals surface area contributed by atoms with Gasteiger partial charge >= 0.3 is 0 Å². The summed E-state index contributed by atoms with van der Waals surface area (Å²) < 4.78 is 0. The third-order valence-electron chi connectivity index (χ3n) is 2.01. The zero-order valence-electron chi connectivity index (χ0n) is 7.81. The number of rotatable bonds is 2. The lowest BCUT2D eigenvalue weighted by Crippen LogP contribution is -2.02. The molecular weight excluding hydrogens is 198 g/mol. The van der Waals surface area contributed by atoms with Gasteiger partial charge in [-0.2, -0.15) is 15.0 Å². The zero-order valence-corrected chi connectivity index (χ0v) is 8.57. The molecule has 0 spiro atoms. The average Bonchev–Trinajstić information content (AvgIpc) is 2.70. The highest BCUT2D eigenvalue weighted by Gasteiger charge is 2.04. The molecule has 2 aromatic rings. The van der Waals surface area contributed by atoms with E-state index in [4.69, 9.17) is 11.6 Å². The molecule has 0 aliphatic heterocycles. The van der Waals surface area contributed by atoms with Crippen LogP contribution in [-0.2, 0) is 5.88 Å². The Kier molecular flexibility index (Phi) is 2.50. The number of aromatic nitrogens is 3. The number of benzene rings is 1. The van der Waals surface area contributed by atoms with E-state index in [1.807, 2.05) is 25.1 Å². The first-order valence-corrected chi connectivity index (χ1v) is 4.87. The molecule has 2 rings (SSSR count). The molecule has 72 valence electrons. The number of alkyl halides is 1. The summed E-state index contributed by atoms with van der Waals surface area (Å²) in [7, 11) is 0. The lowest BCUT2D eigenvalue weighted by Gasteiger charge is -2.06. The Labute approximate surface area is 87.3 Å². The van der Waals surface area contributed by atoms with Gasteiger partial charge in [-0.05, 0) is 18.6 Å².